The SMILES string of the molecule is CCNC(C)c1ccc(NC(=C2C(=O)Nc3cc(Br)ccc32)c2cccc(CCC(=O)O)c2)cc1. The molecule has 7 heteroatoms. The Labute approximate surface area is 213 Å². The molecule has 1 heterocycles. The summed E-state index contributed by atoms with van der Waals surface area (Å²) in [5.41, 5.74) is 6.53. The number of fused-ring (bicyclic) bond motifs is 1. The zero-order valence-corrected chi connectivity index (χ0v) is 21.3. The highest BCUT2D eigenvalue weighted by Gasteiger charge is 2.28. The van der Waals surface area contributed by atoms with Crippen LogP contribution in [0, 0.1) is 0 Å². The molecule has 1 aliphatic rings. The molecule has 180 valence electrons. The Morgan fingerprint density at radius 1 is 1.09 bits per heavy atom. The maximum Gasteiger partial charge on any atom is 0.303 e. The number of anilines is 2. The molecule has 0 saturated carbocycles. The molecule has 3 aromatic carbocycles. The van der Waals surface area contributed by atoms with Crippen molar-refractivity contribution in [2.45, 2.75) is 32.7 Å². The number of benzene rings is 3. The highest BCUT2D eigenvalue weighted by molar-refractivity contribution is 9.10. The standard InChI is InChI=1S/C28H28BrN3O3/c1-3-30-17(2)19-8-11-22(12-9-19)31-27(20-6-4-5-18(15-20)7-14-25(33)34)26-23-13-10-21(29)16-24(23)32-28(26)35/h4-6,8-13,15-17,30-31H,3,7,14H2,1-2H3,(H,32,35)(H,33,34). The van der Waals surface area contributed by atoms with Gasteiger partial charge in [0.1, 0.15) is 0 Å². The van der Waals surface area contributed by atoms with Crippen molar-refractivity contribution < 1.29 is 14.7 Å². The summed E-state index contributed by atoms with van der Waals surface area (Å²) >= 11 is 3.47. The Morgan fingerprint density at radius 3 is 2.57 bits per heavy atom. The molecule has 1 atom stereocenters. The molecule has 0 saturated heterocycles. The Hall–Kier alpha value is -3.42. The lowest BCUT2D eigenvalue weighted by Gasteiger charge is -2.17. The zero-order valence-electron chi connectivity index (χ0n) is 19.7. The number of amides is 1. The van der Waals surface area contributed by atoms with Gasteiger partial charge in [-0.3, -0.25) is 9.59 Å². The molecule has 0 radical (unpaired) electrons. The van der Waals surface area contributed by atoms with E-state index in [0.717, 1.165) is 39.1 Å². The topological polar surface area (TPSA) is 90.5 Å². The Kier molecular flexibility index (Phi) is 7.68. The van der Waals surface area contributed by atoms with Crippen LogP contribution in [0.4, 0.5) is 11.4 Å². The summed E-state index contributed by atoms with van der Waals surface area (Å²) in [6, 6.07) is 21.8. The van der Waals surface area contributed by atoms with Crippen molar-refractivity contribution in [3.05, 3.63) is 93.5 Å². The number of nitrogens with one attached hydrogen (secondary N) is 3. The molecular weight excluding hydrogens is 506 g/mol. The number of carboxylic acid groups (broad SMARTS) is 1. The molecule has 4 N–H and O–H groups in total. The average molecular weight is 534 g/mol. The summed E-state index contributed by atoms with van der Waals surface area (Å²) < 4.78 is 0.883. The highest BCUT2D eigenvalue weighted by atomic mass is 79.9. The van der Waals surface area contributed by atoms with E-state index in [2.05, 4.69) is 57.9 Å². The number of hydrogen-bond donors (Lipinski definition) is 4. The number of aliphatic carboxylic acids is 1. The van der Waals surface area contributed by atoms with Gasteiger partial charge in [-0.25, -0.2) is 0 Å². The minimum Gasteiger partial charge on any atom is -0.481 e. The largest absolute Gasteiger partial charge is 0.481 e. The first-order chi connectivity index (χ1) is 16.9. The molecule has 1 aliphatic heterocycles. The predicted molar refractivity (Wildman–Crippen MR) is 144 cm³/mol. The highest BCUT2D eigenvalue weighted by Crippen LogP contribution is 2.39. The van der Waals surface area contributed by atoms with Gasteiger partial charge in [0, 0.05) is 28.2 Å². The quantitative estimate of drug-likeness (QED) is 0.250. The van der Waals surface area contributed by atoms with Gasteiger partial charge in [0.05, 0.1) is 17.0 Å². The van der Waals surface area contributed by atoms with Crippen molar-refractivity contribution in [1.29, 1.82) is 0 Å². The lowest BCUT2D eigenvalue weighted by atomic mass is 9.97. The van der Waals surface area contributed by atoms with Gasteiger partial charge in [0.25, 0.3) is 5.91 Å². The number of carbonyl (C=O) groups is 2. The second kappa shape index (κ2) is 10.9. The average Bonchev–Trinajstić information content (AvgIpc) is 3.16. The summed E-state index contributed by atoms with van der Waals surface area (Å²) in [6.45, 7) is 5.10. The van der Waals surface area contributed by atoms with Crippen LogP contribution in [-0.2, 0) is 16.0 Å². The Balaban J connectivity index is 1.77. The minimum atomic E-state index is -0.839. The van der Waals surface area contributed by atoms with Gasteiger partial charge in [0.15, 0.2) is 0 Å². The van der Waals surface area contributed by atoms with E-state index in [9.17, 15) is 9.59 Å². The second-order valence-corrected chi connectivity index (χ2v) is 9.43. The molecule has 0 aliphatic carbocycles. The summed E-state index contributed by atoms with van der Waals surface area (Å²) in [4.78, 5) is 24.2. The van der Waals surface area contributed by atoms with Crippen LogP contribution in [0.2, 0.25) is 0 Å². The fourth-order valence-corrected chi connectivity index (χ4v) is 4.59. The number of halogens is 1. The van der Waals surface area contributed by atoms with Crippen molar-refractivity contribution in [3.8, 4) is 0 Å². The van der Waals surface area contributed by atoms with Crippen LogP contribution in [0.25, 0.3) is 11.3 Å². The van der Waals surface area contributed by atoms with Crippen molar-refractivity contribution >= 4 is 50.5 Å². The summed E-state index contributed by atoms with van der Waals surface area (Å²) in [7, 11) is 0. The smallest absolute Gasteiger partial charge is 0.303 e. The first kappa shape index (κ1) is 24.7. The first-order valence-corrected chi connectivity index (χ1v) is 12.4. The van der Waals surface area contributed by atoms with Crippen LogP contribution in [0.15, 0.2) is 71.2 Å². The van der Waals surface area contributed by atoms with E-state index in [1.165, 1.54) is 5.56 Å². The van der Waals surface area contributed by atoms with Crippen molar-refractivity contribution in [1.82, 2.24) is 5.32 Å². The van der Waals surface area contributed by atoms with E-state index in [1.807, 2.05) is 54.6 Å². The predicted octanol–water partition coefficient (Wildman–Crippen LogP) is 6.07. The van der Waals surface area contributed by atoms with E-state index in [-0.39, 0.29) is 18.4 Å². The number of carbonyl (C=O) groups excluding carboxylic acids is 1. The van der Waals surface area contributed by atoms with E-state index in [4.69, 9.17) is 5.11 Å². The van der Waals surface area contributed by atoms with Gasteiger partial charge >= 0.3 is 5.97 Å². The van der Waals surface area contributed by atoms with Crippen molar-refractivity contribution in [3.63, 3.8) is 0 Å². The second-order valence-electron chi connectivity index (χ2n) is 8.51. The molecule has 3 aromatic rings. The van der Waals surface area contributed by atoms with Crippen LogP contribution < -0.4 is 16.0 Å². The van der Waals surface area contributed by atoms with Gasteiger partial charge in [-0.1, -0.05) is 59.3 Å². The first-order valence-electron chi connectivity index (χ1n) is 11.6. The number of aryl methyl sites for hydroxylation is 1. The van der Waals surface area contributed by atoms with E-state index < -0.39 is 5.97 Å². The third-order valence-electron chi connectivity index (χ3n) is 6.01. The van der Waals surface area contributed by atoms with Crippen LogP contribution >= 0.6 is 15.9 Å². The monoisotopic (exact) mass is 533 g/mol. The molecule has 0 aromatic heterocycles. The van der Waals surface area contributed by atoms with Crippen molar-refractivity contribution in [2.24, 2.45) is 0 Å². The fourth-order valence-electron chi connectivity index (χ4n) is 4.23. The van der Waals surface area contributed by atoms with Crippen LogP contribution in [0.3, 0.4) is 0 Å². The number of rotatable bonds is 9. The molecule has 0 spiro atoms. The third-order valence-corrected chi connectivity index (χ3v) is 6.50. The Bertz CT molecular complexity index is 1280. The number of hydrogen-bond acceptors (Lipinski definition) is 4. The van der Waals surface area contributed by atoms with Gasteiger partial charge in [-0.15, -0.1) is 0 Å². The van der Waals surface area contributed by atoms with Gasteiger partial charge in [0.2, 0.25) is 0 Å². The van der Waals surface area contributed by atoms with Crippen LogP contribution in [0.5, 0.6) is 0 Å². The van der Waals surface area contributed by atoms with Gasteiger partial charge in [-0.05, 0) is 66.9 Å². The minimum absolute atomic E-state index is 0.0472. The zero-order chi connectivity index (χ0) is 24.9. The molecule has 0 fully saturated rings. The molecular formula is C28H28BrN3O3. The molecule has 1 amide bonds. The van der Waals surface area contributed by atoms with Crippen LogP contribution in [0.1, 0.15) is 48.6 Å². The van der Waals surface area contributed by atoms with Gasteiger partial charge < -0.3 is 21.1 Å². The Morgan fingerprint density at radius 2 is 1.86 bits per heavy atom. The molecule has 4 rings (SSSR count). The van der Waals surface area contributed by atoms with E-state index in [1.54, 1.807) is 0 Å². The molecule has 6 nitrogen and oxygen atoms in total. The maximum absolute atomic E-state index is 13.2. The lowest BCUT2D eigenvalue weighted by molar-refractivity contribution is -0.137. The normalized spacial score (nSPS) is 14.8. The fraction of sp³-hybridized carbons (Fsp3) is 0.214. The van der Waals surface area contributed by atoms with Crippen molar-refractivity contribution in [2.75, 3.05) is 17.2 Å². The number of carboxylic acids is 1. The van der Waals surface area contributed by atoms with E-state index >= 15 is 0 Å². The molecule has 1 unspecified atom stereocenters. The molecule has 0 bridgehead atoms. The van der Waals surface area contributed by atoms with E-state index in [0.29, 0.717) is 17.7 Å². The summed E-state index contributed by atoms with van der Waals surface area (Å²) in [6.07, 6.45) is 0.462. The van der Waals surface area contributed by atoms with Crippen LogP contribution in [-0.4, -0.2) is 23.5 Å². The maximum atomic E-state index is 13.2. The molecule has 35 heavy (non-hydrogen) atoms. The lowest BCUT2D eigenvalue weighted by Crippen LogP contribution is -2.17. The third kappa shape index (κ3) is 5.81. The summed E-state index contributed by atoms with van der Waals surface area (Å²) in [5, 5.41) is 19.0. The van der Waals surface area contributed by atoms with Gasteiger partial charge in [-0.2, -0.15) is 0 Å². The summed E-state index contributed by atoms with van der Waals surface area (Å²) in [5.74, 6) is -1.03.